The minimum Gasteiger partial charge on any atom is -0.465 e. The molecule has 4 heteroatoms. The predicted octanol–water partition coefficient (Wildman–Crippen LogP) is 3.30. The Kier molecular flexibility index (Phi) is 3.54. The molecule has 0 aliphatic rings. The molecule has 0 aliphatic carbocycles. The summed E-state index contributed by atoms with van der Waals surface area (Å²) in [5.74, 6) is -0.380. The van der Waals surface area contributed by atoms with E-state index in [4.69, 9.17) is 0 Å². The Labute approximate surface area is 108 Å². The topological polar surface area (TPSA) is 39.2 Å². The van der Waals surface area contributed by atoms with E-state index in [-0.39, 0.29) is 5.97 Å². The molecule has 0 radical (unpaired) electrons. The summed E-state index contributed by atoms with van der Waals surface area (Å²) in [6.45, 7) is 0. The molecule has 0 atom stereocenters. The van der Waals surface area contributed by atoms with E-state index in [9.17, 15) is 4.79 Å². The zero-order valence-electron chi connectivity index (χ0n) is 9.18. The Balaban J connectivity index is 2.43. The lowest BCUT2D eigenvalue weighted by Crippen LogP contribution is -2.01. The summed E-state index contributed by atoms with van der Waals surface area (Å²) in [5, 5.41) is 0. The molecule has 0 saturated heterocycles. The number of benzene rings is 1. The van der Waals surface area contributed by atoms with Crippen LogP contribution in [0.4, 0.5) is 0 Å². The van der Waals surface area contributed by atoms with Crippen molar-refractivity contribution in [1.82, 2.24) is 4.98 Å². The van der Waals surface area contributed by atoms with Gasteiger partial charge in [-0.25, -0.2) is 4.79 Å². The maximum Gasteiger partial charge on any atom is 0.339 e. The van der Waals surface area contributed by atoms with Crippen LogP contribution in [0.2, 0.25) is 0 Å². The van der Waals surface area contributed by atoms with Crippen molar-refractivity contribution in [2.45, 2.75) is 0 Å². The third-order valence-corrected chi connectivity index (χ3v) is 2.81. The number of hydrogen-bond donors (Lipinski definition) is 0. The molecule has 0 N–H and O–H groups in total. The van der Waals surface area contributed by atoms with Crippen molar-refractivity contribution in [3.8, 4) is 11.1 Å². The number of rotatable bonds is 2. The van der Waals surface area contributed by atoms with Crippen molar-refractivity contribution in [2.75, 3.05) is 7.11 Å². The Morgan fingerprint density at radius 1 is 1.24 bits per heavy atom. The van der Waals surface area contributed by atoms with Gasteiger partial charge in [0, 0.05) is 22.4 Å². The maximum atomic E-state index is 11.4. The highest BCUT2D eigenvalue weighted by Crippen LogP contribution is 2.23. The van der Waals surface area contributed by atoms with Crippen LogP contribution in [-0.4, -0.2) is 18.1 Å². The molecule has 17 heavy (non-hydrogen) atoms. The van der Waals surface area contributed by atoms with Crippen LogP contribution >= 0.6 is 15.9 Å². The van der Waals surface area contributed by atoms with Gasteiger partial charge in [-0.05, 0) is 23.8 Å². The molecule has 0 amide bonds. The van der Waals surface area contributed by atoms with Crippen LogP contribution in [0.1, 0.15) is 10.4 Å². The lowest BCUT2D eigenvalue weighted by Gasteiger charge is -2.04. The molecule has 0 fully saturated rings. The van der Waals surface area contributed by atoms with E-state index in [0.29, 0.717) is 5.56 Å². The van der Waals surface area contributed by atoms with E-state index in [0.717, 1.165) is 15.6 Å². The van der Waals surface area contributed by atoms with Crippen LogP contribution in [0.3, 0.4) is 0 Å². The first-order chi connectivity index (χ1) is 8.20. The fraction of sp³-hybridized carbons (Fsp3) is 0.0769. The highest BCUT2D eigenvalue weighted by molar-refractivity contribution is 9.10. The molecule has 0 spiro atoms. The van der Waals surface area contributed by atoms with E-state index in [1.807, 2.05) is 24.3 Å². The second-order valence-corrected chi connectivity index (χ2v) is 4.38. The Morgan fingerprint density at radius 2 is 2.06 bits per heavy atom. The standard InChI is InChI=1S/C13H10BrNO2/c1-17-13(16)11-5-10(7-15-8-11)9-3-2-4-12(14)6-9/h2-8H,1H3. The number of halogens is 1. The lowest BCUT2D eigenvalue weighted by molar-refractivity contribution is 0.0600. The molecular weight excluding hydrogens is 282 g/mol. The van der Waals surface area contributed by atoms with Crippen LogP contribution in [-0.2, 0) is 4.74 Å². The van der Waals surface area contributed by atoms with Crippen molar-refractivity contribution in [3.63, 3.8) is 0 Å². The maximum absolute atomic E-state index is 11.4. The van der Waals surface area contributed by atoms with Gasteiger partial charge in [0.1, 0.15) is 0 Å². The smallest absolute Gasteiger partial charge is 0.339 e. The van der Waals surface area contributed by atoms with E-state index in [2.05, 4.69) is 25.7 Å². The predicted molar refractivity (Wildman–Crippen MR) is 68.7 cm³/mol. The largest absolute Gasteiger partial charge is 0.465 e. The van der Waals surface area contributed by atoms with Crippen molar-refractivity contribution in [3.05, 3.63) is 52.8 Å². The van der Waals surface area contributed by atoms with Gasteiger partial charge in [-0.1, -0.05) is 28.1 Å². The number of hydrogen-bond acceptors (Lipinski definition) is 3. The zero-order chi connectivity index (χ0) is 12.3. The molecule has 1 aromatic carbocycles. The van der Waals surface area contributed by atoms with Crippen molar-refractivity contribution >= 4 is 21.9 Å². The normalized spacial score (nSPS) is 10.0. The monoisotopic (exact) mass is 291 g/mol. The minimum atomic E-state index is -0.380. The van der Waals surface area contributed by atoms with Gasteiger partial charge in [-0.2, -0.15) is 0 Å². The molecule has 2 rings (SSSR count). The molecule has 0 aliphatic heterocycles. The fourth-order valence-corrected chi connectivity index (χ4v) is 1.89. The van der Waals surface area contributed by atoms with Gasteiger partial charge >= 0.3 is 5.97 Å². The van der Waals surface area contributed by atoms with Crippen LogP contribution < -0.4 is 0 Å². The third-order valence-electron chi connectivity index (χ3n) is 2.32. The number of carbonyl (C=O) groups excluding carboxylic acids is 1. The van der Waals surface area contributed by atoms with Crippen molar-refractivity contribution < 1.29 is 9.53 Å². The van der Waals surface area contributed by atoms with Gasteiger partial charge in [0.15, 0.2) is 0 Å². The summed E-state index contributed by atoms with van der Waals surface area (Å²) in [5.41, 5.74) is 2.33. The van der Waals surface area contributed by atoms with Gasteiger partial charge in [-0.15, -0.1) is 0 Å². The molecule has 2 aromatic rings. The number of pyridine rings is 1. The molecule has 1 heterocycles. The summed E-state index contributed by atoms with van der Waals surface area (Å²) in [6, 6.07) is 9.58. The highest BCUT2D eigenvalue weighted by Gasteiger charge is 2.07. The van der Waals surface area contributed by atoms with Crippen LogP contribution in [0.5, 0.6) is 0 Å². The van der Waals surface area contributed by atoms with Crippen LogP contribution in [0.25, 0.3) is 11.1 Å². The molecule has 3 nitrogen and oxygen atoms in total. The second kappa shape index (κ2) is 5.10. The van der Waals surface area contributed by atoms with Gasteiger partial charge in [0.2, 0.25) is 0 Å². The van der Waals surface area contributed by atoms with Gasteiger partial charge in [-0.3, -0.25) is 4.98 Å². The molecule has 1 aromatic heterocycles. The molecule has 86 valence electrons. The summed E-state index contributed by atoms with van der Waals surface area (Å²) in [4.78, 5) is 15.4. The number of methoxy groups -OCH3 is 1. The second-order valence-electron chi connectivity index (χ2n) is 3.46. The van der Waals surface area contributed by atoms with E-state index in [1.54, 1.807) is 12.3 Å². The summed E-state index contributed by atoms with van der Waals surface area (Å²) >= 11 is 3.41. The zero-order valence-corrected chi connectivity index (χ0v) is 10.8. The SMILES string of the molecule is COC(=O)c1cncc(-c2cccc(Br)c2)c1. The Morgan fingerprint density at radius 3 is 2.76 bits per heavy atom. The Bertz CT molecular complexity index is 555. The summed E-state index contributed by atoms with van der Waals surface area (Å²) in [7, 11) is 1.36. The third kappa shape index (κ3) is 2.71. The highest BCUT2D eigenvalue weighted by atomic mass is 79.9. The van der Waals surface area contributed by atoms with E-state index < -0.39 is 0 Å². The van der Waals surface area contributed by atoms with E-state index >= 15 is 0 Å². The molecule has 0 bridgehead atoms. The van der Waals surface area contributed by atoms with E-state index in [1.165, 1.54) is 13.3 Å². The van der Waals surface area contributed by atoms with Gasteiger partial charge < -0.3 is 4.74 Å². The number of aromatic nitrogens is 1. The lowest BCUT2D eigenvalue weighted by atomic mass is 10.1. The fourth-order valence-electron chi connectivity index (χ4n) is 1.50. The number of nitrogens with zero attached hydrogens (tertiary/aromatic N) is 1. The number of ether oxygens (including phenoxy) is 1. The summed E-state index contributed by atoms with van der Waals surface area (Å²) < 4.78 is 5.65. The number of esters is 1. The average molecular weight is 292 g/mol. The summed E-state index contributed by atoms with van der Waals surface area (Å²) in [6.07, 6.45) is 3.21. The van der Waals surface area contributed by atoms with Crippen LogP contribution in [0.15, 0.2) is 47.2 Å². The average Bonchev–Trinajstić information content (AvgIpc) is 2.38. The number of carbonyl (C=O) groups is 1. The van der Waals surface area contributed by atoms with Crippen molar-refractivity contribution in [2.24, 2.45) is 0 Å². The van der Waals surface area contributed by atoms with Crippen molar-refractivity contribution in [1.29, 1.82) is 0 Å². The minimum absolute atomic E-state index is 0.380. The first-order valence-electron chi connectivity index (χ1n) is 5.00. The first-order valence-corrected chi connectivity index (χ1v) is 5.79. The van der Waals surface area contributed by atoms with Gasteiger partial charge in [0.25, 0.3) is 0 Å². The molecular formula is C13H10BrNO2. The molecule has 0 saturated carbocycles. The van der Waals surface area contributed by atoms with Gasteiger partial charge in [0.05, 0.1) is 12.7 Å². The van der Waals surface area contributed by atoms with Crippen LogP contribution in [0, 0.1) is 0 Å². The first kappa shape index (κ1) is 11.8. The molecule has 0 unspecified atom stereocenters. The quantitative estimate of drug-likeness (QED) is 0.797. The Hall–Kier alpha value is -1.68.